The molecule has 9 nitrogen and oxygen atoms in total. The van der Waals surface area contributed by atoms with E-state index in [0.29, 0.717) is 36.4 Å². The number of nitrogens with zero attached hydrogens (tertiary/aromatic N) is 4. The van der Waals surface area contributed by atoms with Gasteiger partial charge in [0.05, 0.1) is 17.2 Å². The fourth-order valence-electron chi connectivity index (χ4n) is 2.95. The molecule has 3 aromatic rings. The van der Waals surface area contributed by atoms with Gasteiger partial charge < -0.3 is 10.1 Å². The predicted octanol–water partition coefficient (Wildman–Crippen LogP) is 2.38. The van der Waals surface area contributed by atoms with Crippen molar-refractivity contribution in [1.29, 1.82) is 0 Å². The SMILES string of the molecule is CCOc1ccc(S(=O)(=O)NCCNc2cc(-n3nc(C)cc3C)nc(C)n2)cc1. The largest absolute Gasteiger partial charge is 0.494 e. The molecule has 160 valence electrons. The molecule has 0 atom stereocenters. The van der Waals surface area contributed by atoms with Crippen LogP contribution in [0.25, 0.3) is 5.82 Å². The summed E-state index contributed by atoms with van der Waals surface area (Å²) in [6.45, 7) is 8.65. The third-order valence-corrected chi connectivity index (χ3v) is 5.70. The fourth-order valence-corrected chi connectivity index (χ4v) is 3.98. The van der Waals surface area contributed by atoms with E-state index in [-0.39, 0.29) is 11.4 Å². The van der Waals surface area contributed by atoms with Gasteiger partial charge in [-0.05, 0) is 58.0 Å². The number of aromatic nitrogens is 4. The molecule has 0 aliphatic carbocycles. The van der Waals surface area contributed by atoms with Gasteiger partial charge >= 0.3 is 0 Å². The van der Waals surface area contributed by atoms with E-state index < -0.39 is 10.0 Å². The molecule has 0 aliphatic heterocycles. The topological polar surface area (TPSA) is 111 Å². The summed E-state index contributed by atoms with van der Waals surface area (Å²) in [5, 5.41) is 7.57. The van der Waals surface area contributed by atoms with Crippen LogP contribution >= 0.6 is 0 Å². The summed E-state index contributed by atoms with van der Waals surface area (Å²) in [4.78, 5) is 8.98. The highest BCUT2D eigenvalue weighted by molar-refractivity contribution is 7.89. The molecule has 2 N–H and O–H groups in total. The van der Waals surface area contributed by atoms with Crippen molar-refractivity contribution in [2.75, 3.05) is 25.0 Å². The summed E-state index contributed by atoms with van der Waals surface area (Å²) in [6, 6.07) is 10.1. The van der Waals surface area contributed by atoms with Crippen LogP contribution in [0.2, 0.25) is 0 Å². The number of anilines is 1. The Hall–Kier alpha value is -2.98. The Labute approximate surface area is 176 Å². The molecule has 3 rings (SSSR count). The minimum Gasteiger partial charge on any atom is -0.494 e. The monoisotopic (exact) mass is 430 g/mol. The Kier molecular flexibility index (Phi) is 6.68. The smallest absolute Gasteiger partial charge is 0.240 e. The van der Waals surface area contributed by atoms with Gasteiger partial charge in [0.2, 0.25) is 10.0 Å². The van der Waals surface area contributed by atoms with Gasteiger partial charge in [-0.2, -0.15) is 5.10 Å². The van der Waals surface area contributed by atoms with E-state index in [0.717, 1.165) is 11.4 Å². The number of benzene rings is 1. The van der Waals surface area contributed by atoms with Crippen LogP contribution < -0.4 is 14.8 Å². The second-order valence-electron chi connectivity index (χ2n) is 6.73. The maximum absolute atomic E-state index is 12.4. The molecule has 0 aliphatic rings. The highest BCUT2D eigenvalue weighted by Gasteiger charge is 2.13. The molecule has 0 fully saturated rings. The summed E-state index contributed by atoms with van der Waals surface area (Å²) >= 11 is 0. The Morgan fingerprint density at radius 2 is 1.77 bits per heavy atom. The first-order chi connectivity index (χ1) is 14.3. The summed E-state index contributed by atoms with van der Waals surface area (Å²) in [5.41, 5.74) is 1.88. The normalized spacial score (nSPS) is 11.5. The van der Waals surface area contributed by atoms with Gasteiger partial charge in [-0.1, -0.05) is 0 Å². The first kappa shape index (κ1) is 21.7. The van der Waals surface area contributed by atoms with Crippen LogP contribution in [0.4, 0.5) is 5.82 Å². The molecule has 1 aromatic carbocycles. The van der Waals surface area contributed by atoms with Crippen LogP contribution in [0.5, 0.6) is 5.75 Å². The minimum absolute atomic E-state index is 0.190. The Morgan fingerprint density at radius 1 is 1.03 bits per heavy atom. The average molecular weight is 431 g/mol. The number of hydrogen-bond donors (Lipinski definition) is 2. The second kappa shape index (κ2) is 9.23. The standard InChI is InChI=1S/C20H26N6O3S/c1-5-29-17-6-8-18(9-7-17)30(27,28)22-11-10-21-19-13-20(24-16(4)23-19)26-15(3)12-14(2)25-26/h6-9,12-13,22H,5,10-11H2,1-4H3,(H,21,23,24). The minimum atomic E-state index is -3.60. The zero-order chi connectivity index (χ0) is 21.7. The molecule has 0 saturated heterocycles. The molecule has 0 spiro atoms. The van der Waals surface area contributed by atoms with Crippen molar-refractivity contribution in [1.82, 2.24) is 24.5 Å². The van der Waals surface area contributed by atoms with Gasteiger partial charge in [-0.15, -0.1) is 0 Å². The zero-order valence-electron chi connectivity index (χ0n) is 17.5. The van der Waals surface area contributed by atoms with Crippen LogP contribution in [-0.4, -0.2) is 47.9 Å². The van der Waals surface area contributed by atoms with Crippen molar-refractivity contribution in [3.8, 4) is 11.6 Å². The molecule has 0 radical (unpaired) electrons. The molecular formula is C20H26N6O3S. The van der Waals surface area contributed by atoms with Crippen molar-refractivity contribution in [2.45, 2.75) is 32.6 Å². The average Bonchev–Trinajstić information content (AvgIpc) is 3.04. The molecule has 0 amide bonds. The van der Waals surface area contributed by atoms with Crippen molar-refractivity contribution >= 4 is 15.8 Å². The first-order valence-electron chi connectivity index (χ1n) is 9.64. The van der Waals surface area contributed by atoms with E-state index in [1.165, 1.54) is 12.1 Å². The highest BCUT2D eigenvalue weighted by atomic mass is 32.2. The number of hydrogen-bond acceptors (Lipinski definition) is 7. The molecule has 0 saturated carbocycles. The number of ether oxygens (including phenoxy) is 1. The molecule has 0 unspecified atom stereocenters. The zero-order valence-corrected chi connectivity index (χ0v) is 18.3. The van der Waals surface area contributed by atoms with Crippen LogP contribution in [0.1, 0.15) is 24.1 Å². The van der Waals surface area contributed by atoms with E-state index in [2.05, 4.69) is 25.1 Å². The van der Waals surface area contributed by atoms with Crippen molar-refractivity contribution in [3.05, 3.63) is 53.6 Å². The summed E-state index contributed by atoms with van der Waals surface area (Å²) in [5.74, 6) is 2.49. The lowest BCUT2D eigenvalue weighted by Gasteiger charge is -2.11. The lowest BCUT2D eigenvalue weighted by Crippen LogP contribution is -2.29. The molecular weight excluding hydrogens is 404 g/mol. The van der Waals surface area contributed by atoms with Gasteiger partial charge in [0, 0.05) is 24.8 Å². The van der Waals surface area contributed by atoms with Gasteiger partial charge in [0.15, 0.2) is 5.82 Å². The maximum Gasteiger partial charge on any atom is 0.240 e. The van der Waals surface area contributed by atoms with Crippen molar-refractivity contribution < 1.29 is 13.2 Å². The first-order valence-corrected chi connectivity index (χ1v) is 11.1. The summed E-state index contributed by atoms with van der Waals surface area (Å²) in [6.07, 6.45) is 0. The number of sulfonamides is 1. The van der Waals surface area contributed by atoms with Crippen molar-refractivity contribution in [2.24, 2.45) is 0 Å². The van der Waals surface area contributed by atoms with E-state index in [1.54, 1.807) is 29.8 Å². The van der Waals surface area contributed by atoms with E-state index in [1.807, 2.05) is 26.8 Å². The molecule has 2 aromatic heterocycles. The lowest BCUT2D eigenvalue weighted by molar-refractivity contribution is 0.340. The molecule has 0 bridgehead atoms. The van der Waals surface area contributed by atoms with Gasteiger partial charge in [-0.3, -0.25) is 0 Å². The van der Waals surface area contributed by atoms with Crippen LogP contribution in [0.3, 0.4) is 0 Å². The molecule has 10 heteroatoms. The Morgan fingerprint density at radius 3 is 2.40 bits per heavy atom. The third-order valence-electron chi connectivity index (χ3n) is 4.22. The van der Waals surface area contributed by atoms with E-state index >= 15 is 0 Å². The van der Waals surface area contributed by atoms with Gasteiger partial charge in [-0.25, -0.2) is 27.8 Å². The lowest BCUT2D eigenvalue weighted by atomic mass is 10.3. The van der Waals surface area contributed by atoms with Crippen LogP contribution in [0, 0.1) is 20.8 Å². The van der Waals surface area contributed by atoms with Crippen LogP contribution in [-0.2, 0) is 10.0 Å². The number of aryl methyl sites for hydroxylation is 3. The third kappa shape index (κ3) is 5.33. The van der Waals surface area contributed by atoms with E-state index in [9.17, 15) is 8.42 Å². The number of rotatable bonds is 9. The quantitative estimate of drug-likeness (QED) is 0.501. The maximum atomic E-state index is 12.4. The predicted molar refractivity (Wildman–Crippen MR) is 115 cm³/mol. The van der Waals surface area contributed by atoms with Crippen molar-refractivity contribution in [3.63, 3.8) is 0 Å². The number of nitrogens with one attached hydrogen (secondary N) is 2. The molecule has 30 heavy (non-hydrogen) atoms. The molecule has 2 heterocycles. The van der Waals surface area contributed by atoms with Gasteiger partial charge in [0.1, 0.15) is 17.4 Å². The summed E-state index contributed by atoms with van der Waals surface area (Å²) in [7, 11) is -3.60. The van der Waals surface area contributed by atoms with Gasteiger partial charge in [0.25, 0.3) is 0 Å². The Balaban J connectivity index is 1.60. The highest BCUT2D eigenvalue weighted by Crippen LogP contribution is 2.16. The second-order valence-corrected chi connectivity index (χ2v) is 8.49. The van der Waals surface area contributed by atoms with Crippen LogP contribution in [0.15, 0.2) is 41.3 Å². The summed E-state index contributed by atoms with van der Waals surface area (Å²) < 4.78 is 34.5. The van der Waals surface area contributed by atoms with E-state index in [4.69, 9.17) is 4.74 Å². The Bertz CT molecular complexity index is 1110. The fraction of sp³-hybridized carbons (Fsp3) is 0.350.